The lowest BCUT2D eigenvalue weighted by Crippen LogP contribution is -2.34. The van der Waals surface area contributed by atoms with Gasteiger partial charge in [0, 0.05) is 11.5 Å². The molecule has 1 aromatic rings. The van der Waals surface area contributed by atoms with Gasteiger partial charge in [-0.05, 0) is 36.8 Å². The van der Waals surface area contributed by atoms with Crippen molar-refractivity contribution in [1.29, 1.82) is 0 Å². The van der Waals surface area contributed by atoms with Gasteiger partial charge in [-0.15, -0.1) is 0 Å². The minimum absolute atomic E-state index is 0.320. The first kappa shape index (κ1) is 18.4. The normalized spacial score (nSPS) is 30.0. The van der Waals surface area contributed by atoms with Crippen LogP contribution in [0.5, 0.6) is 0 Å². The first-order chi connectivity index (χ1) is 12.2. The molecule has 0 bridgehead atoms. The minimum atomic E-state index is -0.323. The lowest BCUT2D eigenvalue weighted by atomic mass is 9.75. The van der Waals surface area contributed by atoms with Gasteiger partial charge in [-0.25, -0.2) is 4.79 Å². The van der Waals surface area contributed by atoms with E-state index in [0.717, 1.165) is 30.6 Å². The molecule has 0 aromatic heterocycles. The van der Waals surface area contributed by atoms with Crippen molar-refractivity contribution < 1.29 is 19.0 Å². The number of carbonyl (C=O) groups is 1. The summed E-state index contributed by atoms with van der Waals surface area (Å²) in [7, 11) is 1.39. The number of rotatable bonds is 5. The second-order valence-electron chi connectivity index (χ2n) is 7.44. The van der Waals surface area contributed by atoms with Crippen LogP contribution in [0.2, 0.25) is 0 Å². The molecule has 0 radical (unpaired) electrons. The molecule has 138 valence electrons. The van der Waals surface area contributed by atoms with E-state index in [1.165, 1.54) is 45.6 Å². The van der Waals surface area contributed by atoms with Crippen LogP contribution in [0.15, 0.2) is 24.3 Å². The fraction of sp³-hybridized carbons (Fsp3) is 0.667. The average Bonchev–Trinajstić information content (AvgIpc) is 2.68. The van der Waals surface area contributed by atoms with Gasteiger partial charge in [0.25, 0.3) is 0 Å². The smallest absolute Gasteiger partial charge is 0.337 e. The highest BCUT2D eigenvalue weighted by molar-refractivity contribution is 5.89. The lowest BCUT2D eigenvalue weighted by Gasteiger charge is -2.37. The summed E-state index contributed by atoms with van der Waals surface area (Å²) >= 11 is 0. The molecular weight excluding hydrogens is 316 g/mol. The van der Waals surface area contributed by atoms with E-state index in [9.17, 15) is 4.79 Å². The molecule has 1 heterocycles. The zero-order valence-electron chi connectivity index (χ0n) is 15.4. The molecule has 1 saturated heterocycles. The molecule has 0 atom stereocenters. The number of benzene rings is 1. The maximum absolute atomic E-state index is 11.5. The predicted molar refractivity (Wildman–Crippen MR) is 96.3 cm³/mol. The van der Waals surface area contributed by atoms with Gasteiger partial charge in [0.2, 0.25) is 0 Å². The Balaban J connectivity index is 1.48. The average molecular weight is 346 g/mol. The molecule has 4 nitrogen and oxygen atoms in total. The summed E-state index contributed by atoms with van der Waals surface area (Å²) < 4.78 is 16.7. The van der Waals surface area contributed by atoms with E-state index in [1.54, 1.807) is 12.1 Å². The summed E-state index contributed by atoms with van der Waals surface area (Å²) in [5, 5.41) is 0. The number of ether oxygens (including phenoxy) is 3. The third kappa shape index (κ3) is 4.62. The van der Waals surface area contributed by atoms with Gasteiger partial charge in [-0.1, -0.05) is 44.7 Å². The third-order valence-corrected chi connectivity index (χ3v) is 5.78. The molecule has 1 saturated carbocycles. The molecule has 0 N–H and O–H groups in total. The van der Waals surface area contributed by atoms with Crippen molar-refractivity contribution in [2.75, 3.05) is 20.3 Å². The Morgan fingerprint density at radius 1 is 1.04 bits per heavy atom. The molecule has 2 aliphatic rings. The first-order valence-corrected chi connectivity index (χ1v) is 9.62. The topological polar surface area (TPSA) is 44.8 Å². The van der Waals surface area contributed by atoms with Gasteiger partial charge in [-0.3, -0.25) is 0 Å². The highest BCUT2D eigenvalue weighted by Gasteiger charge is 2.32. The van der Waals surface area contributed by atoms with Crippen molar-refractivity contribution in [3.05, 3.63) is 35.4 Å². The van der Waals surface area contributed by atoms with Crippen LogP contribution in [-0.2, 0) is 14.2 Å². The summed E-state index contributed by atoms with van der Waals surface area (Å²) in [6.45, 7) is 3.83. The summed E-state index contributed by atoms with van der Waals surface area (Å²) in [6, 6.07) is 7.28. The molecule has 3 rings (SSSR count). The maximum Gasteiger partial charge on any atom is 0.337 e. The molecule has 1 aliphatic heterocycles. The maximum atomic E-state index is 11.5. The van der Waals surface area contributed by atoms with Crippen LogP contribution < -0.4 is 0 Å². The van der Waals surface area contributed by atoms with Crippen LogP contribution in [0.25, 0.3) is 0 Å². The number of esters is 1. The third-order valence-electron chi connectivity index (χ3n) is 5.78. The van der Waals surface area contributed by atoms with E-state index >= 15 is 0 Å². The highest BCUT2D eigenvalue weighted by Crippen LogP contribution is 2.38. The Bertz CT molecular complexity index is 538. The predicted octanol–water partition coefficient (Wildman–Crippen LogP) is 4.74. The van der Waals surface area contributed by atoms with E-state index in [2.05, 4.69) is 6.92 Å². The Kier molecular flexibility index (Phi) is 6.49. The van der Waals surface area contributed by atoms with E-state index in [4.69, 9.17) is 14.2 Å². The van der Waals surface area contributed by atoms with Crippen LogP contribution in [0, 0.1) is 17.8 Å². The van der Waals surface area contributed by atoms with Crippen LogP contribution in [-0.4, -0.2) is 26.3 Å². The molecule has 0 amide bonds. The van der Waals surface area contributed by atoms with Crippen LogP contribution >= 0.6 is 0 Å². The zero-order chi connectivity index (χ0) is 17.6. The standard InChI is InChI=1S/C21H30O4/c1-3-4-15-5-7-16(8-6-15)19-13-24-21(25-14-19)18-11-9-17(10-12-18)20(22)23-2/h9-12,15-16,19,21H,3-8,13-14H2,1-2H3/t15?,16?,19-,21-. The van der Waals surface area contributed by atoms with Gasteiger partial charge < -0.3 is 14.2 Å². The van der Waals surface area contributed by atoms with Crippen molar-refractivity contribution in [3.8, 4) is 0 Å². The monoisotopic (exact) mass is 346 g/mol. The lowest BCUT2D eigenvalue weighted by molar-refractivity contribution is -0.214. The summed E-state index contributed by atoms with van der Waals surface area (Å²) in [6.07, 6.45) is 7.75. The van der Waals surface area contributed by atoms with Gasteiger partial charge in [0.05, 0.1) is 25.9 Å². The molecule has 2 fully saturated rings. The van der Waals surface area contributed by atoms with Crippen molar-refractivity contribution in [1.82, 2.24) is 0 Å². The SMILES string of the molecule is CCCC1CCC([C@H]2CO[C@H](c3ccc(C(=O)OC)cc3)OC2)CC1. The van der Waals surface area contributed by atoms with E-state index in [-0.39, 0.29) is 12.3 Å². The summed E-state index contributed by atoms with van der Waals surface area (Å²) in [5.41, 5.74) is 1.50. The fourth-order valence-corrected chi connectivity index (χ4v) is 4.23. The van der Waals surface area contributed by atoms with Crippen molar-refractivity contribution in [3.63, 3.8) is 0 Å². The van der Waals surface area contributed by atoms with Crippen molar-refractivity contribution >= 4 is 5.97 Å². The Morgan fingerprint density at radius 2 is 1.68 bits per heavy atom. The number of hydrogen-bond acceptors (Lipinski definition) is 4. The summed E-state index contributed by atoms with van der Waals surface area (Å²) in [5.74, 6) is 1.88. The molecular formula is C21H30O4. The van der Waals surface area contributed by atoms with Crippen LogP contribution in [0.3, 0.4) is 0 Å². The van der Waals surface area contributed by atoms with Gasteiger partial charge in [0.15, 0.2) is 6.29 Å². The van der Waals surface area contributed by atoms with Gasteiger partial charge in [-0.2, -0.15) is 0 Å². The second-order valence-corrected chi connectivity index (χ2v) is 7.44. The fourth-order valence-electron chi connectivity index (χ4n) is 4.23. The molecule has 0 spiro atoms. The molecule has 1 aromatic carbocycles. The van der Waals surface area contributed by atoms with E-state index in [1.807, 2.05) is 12.1 Å². The second kappa shape index (κ2) is 8.81. The Morgan fingerprint density at radius 3 is 2.24 bits per heavy atom. The first-order valence-electron chi connectivity index (χ1n) is 9.62. The van der Waals surface area contributed by atoms with Crippen molar-refractivity contribution in [2.24, 2.45) is 17.8 Å². The largest absolute Gasteiger partial charge is 0.465 e. The Labute approximate surface area is 150 Å². The quantitative estimate of drug-likeness (QED) is 0.722. The van der Waals surface area contributed by atoms with E-state index < -0.39 is 0 Å². The van der Waals surface area contributed by atoms with Gasteiger partial charge >= 0.3 is 5.97 Å². The zero-order valence-corrected chi connectivity index (χ0v) is 15.4. The van der Waals surface area contributed by atoms with Crippen LogP contribution in [0.4, 0.5) is 0 Å². The van der Waals surface area contributed by atoms with E-state index in [0.29, 0.717) is 11.5 Å². The van der Waals surface area contributed by atoms with Crippen LogP contribution in [0.1, 0.15) is 67.7 Å². The molecule has 4 heteroatoms. The Hall–Kier alpha value is -1.39. The van der Waals surface area contributed by atoms with Crippen molar-refractivity contribution in [2.45, 2.75) is 51.7 Å². The molecule has 1 aliphatic carbocycles. The summed E-state index contributed by atoms with van der Waals surface area (Å²) in [4.78, 5) is 11.5. The number of carbonyl (C=O) groups excluding carboxylic acids is 1. The highest BCUT2D eigenvalue weighted by atomic mass is 16.7. The molecule has 25 heavy (non-hydrogen) atoms. The molecule has 0 unspecified atom stereocenters. The number of methoxy groups -OCH3 is 1. The van der Waals surface area contributed by atoms with Gasteiger partial charge in [0.1, 0.15) is 0 Å². The minimum Gasteiger partial charge on any atom is -0.465 e. The number of hydrogen-bond donors (Lipinski definition) is 0.